The highest BCUT2D eigenvalue weighted by molar-refractivity contribution is 6.27. The predicted octanol–water partition coefficient (Wildman–Crippen LogP) is 4.18. The molecule has 7 heteroatoms. The fraction of sp³-hybridized carbons (Fsp3) is 0.429. The molecule has 1 heterocycles. The van der Waals surface area contributed by atoms with Crippen molar-refractivity contribution in [1.29, 1.82) is 0 Å². The SMILES string of the molecule is O=C(NC1CCCCC1)[C@H](c1ccc(F)cc1)N(Cc1ccco1)C(=O)CCl. The van der Waals surface area contributed by atoms with Crippen molar-refractivity contribution in [3.63, 3.8) is 0 Å². The number of nitrogens with zero attached hydrogens (tertiary/aromatic N) is 1. The molecule has 5 nitrogen and oxygen atoms in total. The second kappa shape index (κ2) is 9.73. The van der Waals surface area contributed by atoms with E-state index in [0.717, 1.165) is 25.7 Å². The quantitative estimate of drug-likeness (QED) is 0.702. The molecule has 0 aliphatic heterocycles. The molecule has 150 valence electrons. The lowest BCUT2D eigenvalue weighted by molar-refractivity contribution is -0.140. The Balaban J connectivity index is 1.90. The molecule has 1 aliphatic rings. The fourth-order valence-corrected chi connectivity index (χ4v) is 3.77. The van der Waals surface area contributed by atoms with Crippen LogP contribution in [0, 0.1) is 5.82 Å². The Hall–Kier alpha value is -2.34. The molecule has 1 aliphatic carbocycles. The zero-order valence-electron chi connectivity index (χ0n) is 15.6. The molecule has 0 radical (unpaired) electrons. The zero-order chi connectivity index (χ0) is 19.9. The monoisotopic (exact) mass is 406 g/mol. The highest BCUT2D eigenvalue weighted by Crippen LogP contribution is 2.26. The van der Waals surface area contributed by atoms with Gasteiger partial charge in [0.05, 0.1) is 12.8 Å². The normalized spacial score (nSPS) is 15.8. The number of nitrogens with one attached hydrogen (secondary N) is 1. The minimum atomic E-state index is -0.918. The summed E-state index contributed by atoms with van der Waals surface area (Å²) in [6.45, 7) is 0.0959. The second-order valence-corrected chi connectivity index (χ2v) is 7.30. The maximum Gasteiger partial charge on any atom is 0.247 e. The Morgan fingerprint density at radius 3 is 2.50 bits per heavy atom. The van der Waals surface area contributed by atoms with E-state index in [2.05, 4.69) is 5.32 Å². The Morgan fingerprint density at radius 2 is 1.89 bits per heavy atom. The lowest BCUT2D eigenvalue weighted by atomic mass is 9.94. The van der Waals surface area contributed by atoms with Gasteiger partial charge in [-0.05, 0) is 42.7 Å². The summed E-state index contributed by atoms with van der Waals surface area (Å²) in [6.07, 6.45) is 6.66. The van der Waals surface area contributed by atoms with E-state index in [1.54, 1.807) is 12.1 Å². The van der Waals surface area contributed by atoms with Crippen LogP contribution in [0.2, 0.25) is 0 Å². The number of hydrogen-bond acceptors (Lipinski definition) is 3. The largest absolute Gasteiger partial charge is 0.467 e. The lowest BCUT2D eigenvalue weighted by Crippen LogP contribution is -2.47. The van der Waals surface area contributed by atoms with Crippen LogP contribution in [-0.4, -0.2) is 28.6 Å². The van der Waals surface area contributed by atoms with E-state index in [-0.39, 0.29) is 24.4 Å². The molecule has 0 unspecified atom stereocenters. The van der Waals surface area contributed by atoms with Crippen LogP contribution in [0.1, 0.15) is 49.5 Å². The van der Waals surface area contributed by atoms with Gasteiger partial charge in [0.2, 0.25) is 11.8 Å². The minimum absolute atomic E-state index is 0.0840. The zero-order valence-corrected chi connectivity index (χ0v) is 16.3. The number of alkyl halides is 1. The Labute approximate surface area is 168 Å². The van der Waals surface area contributed by atoms with Crippen molar-refractivity contribution in [1.82, 2.24) is 10.2 Å². The van der Waals surface area contributed by atoms with E-state index in [4.69, 9.17) is 16.0 Å². The average Bonchev–Trinajstić information content (AvgIpc) is 3.22. The third-order valence-electron chi connectivity index (χ3n) is 5.04. The Morgan fingerprint density at radius 1 is 1.18 bits per heavy atom. The smallest absolute Gasteiger partial charge is 0.247 e. The van der Waals surface area contributed by atoms with Gasteiger partial charge in [0.1, 0.15) is 23.5 Å². The summed E-state index contributed by atoms with van der Waals surface area (Å²) in [5.41, 5.74) is 0.528. The third-order valence-corrected chi connectivity index (χ3v) is 5.27. The summed E-state index contributed by atoms with van der Waals surface area (Å²) in [5.74, 6) is -0.822. The summed E-state index contributed by atoms with van der Waals surface area (Å²) < 4.78 is 18.8. The van der Waals surface area contributed by atoms with Gasteiger partial charge in [0, 0.05) is 6.04 Å². The average molecular weight is 407 g/mol. The van der Waals surface area contributed by atoms with Gasteiger partial charge >= 0.3 is 0 Å². The summed E-state index contributed by atoms with van der Waals surface area (Å²) in [7, 11) is 0. The highest BCUT2D eigenvalue weighted by atomic mass is 35.5. The van der Waals surface area contributed by atoms with E-state index >= 15 is 0 Å². The second-order valence-electron chi connectivity index (χ2n) is 7.03. The number of rotatable bonds is 7. The molecule has 1 fully saturated rings. The highest BCUT2D eigenvalue weighted by Gasteiger charge is 2.33. The van der Waals surface area contributed by atoms with Crippen LogP contribution in [0.3, 0.4) is 0 Å². The van der Waals surface area contributed by atoms with Crippen LogP contribution < -0.4 is 5.32 Å². The number of furan rings is 1. The maximum absolute atomic E-state index is 13.4. The fourth-order valence-electron chi connectivity index (χ4n) is 3.62. The first-order chi connectivity index (χ1) is 13.6. The van der Waals surface area contributed by atoms with Crippen molar-refractivity contribution >= 4 is 23.4 Å². The van der Waals surface area contributed by atoms with Gasteiger partial charge in [-0.15, -0.1) is 11.6 Å². The third kappa shape index (κ3) is 5.13. The molecule has 2 aromatic rings. The first-order valence-corrected chi connectivity index (χ1v) is 10.1. The molecule has 0 saturated heterocycles. The van der Waals surface area contributed by atoms with E-state index < -0.39 is 17.8 Å². The van der Waals surface area contributed by atoms with E-state index in [9.17, 15) is 14.0 Å². The van der Waals surface area contributed by atoms with Crippen LogP contribution in [0.25, 0.3) is 0 Å². The number of amides is 2. The van der Waals surface area contributed by atoms with Crippen molar-refractivity contribution in [2.24, 2.45) is 0 Å². The van der Waals surface area contributed by atoms with E-state index in [1.807, 2.05) is 0 Å². The molecular weight excluding hydrogens is 383 g/mol. The van der Waals surface area contributed by atoms with Crippen LogP contribution >= 0.6 is 11.6 Å². The van der Waals surface area contributed by atoms with Gasteiger partial charge in [-0.25, -0.2) is 4.39 Å². The van der Waals surface area contributed by atoms with E-state index in [0.29, 0.717) is 11.3 Å². The lowest BCUT2D eigenvalue weighted by Gasteiger charge is -2.32. The number of halogens is 2. The van der Waals surface area contributed by atoms with Gasteiger partial charge in [-0.1, -0.05) is 31.4 Å². The molecule has 1 N–H and O–H groups in total. The van der Waals surface area contributed by atoms with Gasteiger partial charge in [0.15, 0.2) is 0 Å². The molecule has 1 saturated carbocycles. The first kappa shape index (κ1) is 20.4. The number of carbonyl (C=O) groups excluding carboxylic acids is 2. The van der Waals surface area contributed by atoms with Crippen LogP contribution in [0.5, 0.6) is 0 Å². The van der Waals surface area contributed by atoms with Gasteiger partial charge in [-0.3, -0.25) is 9.59 Å². The number of benzene rings is 1. The van der Waals surface area contributed by atoms with Crippen molar-refractivity contribution in [2.75, 3.05) is 5.88 Å². The molecule has 1 aromatic heterocycles. The molecule has 2 amide bonds. The van der Waals surface area contributed by atoms with Gasteiger partial charge < -0.3 is 14.6 Å². The van der Waals surface area contributed by atoms with Gasteiger partial charge in [-0.2, -0.15) is 0 Å². The van der Waals surface area contributed by atoms with Crippen LogP contribution in [0.15, 0.2) is 47.1 Å². The van der Waals surface area contributed by atoms with Crippen molar-refractivity contribution < 1.29 is 18.4 Å². The standard InChI is InChI=1S/C21H24ClFN2O3/c22-13-19(26)25(14-18-7-4-12-28-18)20(15-8-10-16(23)11-9-15)21(27)24-17-5-2-1-3-6-17/h4,7-12,17,20H,1-3,5-6,13-14H2,(H,24,27)/t20-/m0/s1. The molecule has 3 rings (SSSR count). The summed E-state index contributed by atoms with van der Waals surface area (Å²) in [4.78, 5) is 27.2. The molecular formula is C21H24ClFN2O3. The number of hydrogen-bond donors (Lipinski definition) is 1. The minimum Gasteiger partial charge on any atom is -0.467 e. The molecule has 0 spiro atoms. The van der Waals surface area contributed by atoms with Crippen molar-refractivity contribution in [3.8, 4) is 0 Å². The Bertz CT molecular complexity index is 773. The molecule has 0 bridgehead atoms. The summed E-state index contributed by atoms with van der Waals surface area (Å²) in [5, 5.41) is 3.07. The summed E-state index contributed by atoms with van der Waals surface area (Å²) in [6, 6.07) is 8.23. The predicted molar refractivity (Wildman–Crippen MR) is 104 cm³/mol. The molecule has 28 heavy (non-hydrogen) atoms. The topological polar surface area (TPSA) is 62.6 Å². The van der Waals surface area contributed by atoms with Crippen molar-refractivity contribution in [3.05, 3.63) is 59.8 Å². The first-order valence-electron chi connectivity index (χ1n) is 9.52. The Kier molecular flexibility index (Phi) is 7.09. The summed E-state index contributed by atoms with van der Waals surface area (Å²) >= 11 is 5.83. The molecule has 1 atom stereocenters. The van der Waals surface area contributed by atoms with Gasteiger partial charge in [0.25, 0.3) is 0 Å². The molecule has 1 aromatic carbocycles. The van der Waals surface area contributed by atoms with Crippen molar-refractivity contribution in [2.45, 2.75) is 50.7 Å². The van der Waals surface area contributed by atoms with E-state index in [1.165, 1.54) is 41.8 Å². The number of carbonyl (C=O) groups is 2. The maximum atomic E-state index is 13.4. The van der Waals surface area contributed by atoms with Crippen LogP contribution in [0.4, 0.5) is 4.39 Å². The van der Waals surface area contributed by atoms with Crippen LogP contribution in [-0.2, 0) is 16.1 Å².